The third-order valence-corrected chi connectivity index (χ3v) is 3.11. The average Bonchev–Trinajstić information content (AvgIpc) is 2.97. The zero-order chi connectivity index (χ0) is 16.2. The first-order chi connectivity index (χ1) is 11.1. The summed E-state index contributed by atoms with van der Waals surface area (Å²) in [5.74, 6) is 1.94. The molecule has 0 fully saturated rings. The standard InChI is InChI=1S/C16H16N2O5/c1-10(23-13-5-3-12(19)4-6-13)17-16(20)18-11-2-7-14-15(8-11)22-9-21-14/h2-8,10,19H,9H2,1H3,(H2,17,18,20). The van der Waals surface area contributed by atoms with Gasteiger partial charge in [-0.3, -0.25) is 0 Å². The van der Waals surface area contributed by atoms with E-state index in [-0.39, 0.29) is 12.5 Å². The molecule has 0 radical (unpaired) electrons. The molecule has 0 aromatic heterocycles. The molecule has 3 N–H and O–H groups in total. The van der Waals surface area contributed by atoms with Crippen molar-refractivity contribution in [3.8, 4) is 23.0 Å². The van der Waals surface area contributed by atoms with Gasteiger partial charge in [0.15, 0.2) is 17.7 Å². The second-order valence-electron chi connectivity index (χ2n) is 4.92. The molecule has 1 aliphatic heterocycles. The highest BCUT2D eigenvalue weighted by atomic mass is 16.7. The van der Waals surface area contributed by atoms with E-state index < -0.39 is 12.3 Å². The molecular formula is C16H16N2O5. The Morgan fingerprint density at radius 2 is 1.91 bits per heavy atom. The first-order valence-corrected chi connectivity index (χ1v) is 7.03. The fourth-order valence-electron chi connectivity index (χ4n) is 2.08. The van der Waals surface area contributed by atoms with Crippen LogP contribution in [0, 0.1) is 0 Å². The summed E-state index contributed by atoms with van der Waals surface area (Å²) >= 11 is 0. The van der Waals surface area contributed by atoms with Gasteiger partial charge >= 0.3 is 6.03 Å². The van der Waals surface area contributed by atoms with Crippen molar-refractivity contribution in [1.29, 1.82) is 0 Å². The van der Waals surface area contributed by atoms with E-state index in [1.165, 1.54) is 12.1 Å². The van der Waals surface area contributed by atoms with Crippen LogP contribution < -0.4 is 24.8 Å². The highest BCUT2D eigenvalue weighted by Crippen LogP contribution is 2.34. The third-order valence-electron chi connectivity index (χ3n) is 3.11. The predicted molar refractivity (Wildman–Crippen MR) is 82.9 cm³/mol. The molecule has 0 saturated heterocycles. The summed E-state index contributed by atoms with van der Waals surface area (Å²) in [5.41, 5.74) is 0.587. The molecule has 2 aromatic rings. The first kappa shape index (κ1) is 14.8. The summed E-state index contributed by atoms with van der Waals surface area (Å²) in [7, 11) is 0. The summed E-state index contributed by atoms with van der Waals surface area (Å²) < 4.78 is 16.0. The van der Waals surface area contributed by atoms with Crippen LogP contribution in [0.3, 0.4) is 0 Å². The topological polar surface area (TPSA) is 89.1 Å². The Kier molecular flexibility index (Phi) is 4.09. The van der Waals surface area contributed by atoms with Crippen molar-refractivity contribution in [2.75, 3.05) is 12.1 Å². The van der Waals surface area contributed by atoms with Crippen LogP contribution in [0.4, 0.5) is 10.5 Å². The average molecular weight is 316 g/mol. The van der Waals surface area contributed by atoms with Gasteiger partial charge in [0.25, 0.3) is 0 Å². The fourth-order valence-corrected chi connectivity index (χ4v) is 2.08. The molecule has 1 heterocycles. The quantitative estimate of drug-likeness (QED) is 0.755. The van der Waals surface area contributed by atoms with Crippen LogP contribution in [-0.4, -0.2) is 24.2 Å². The smallest absolute Gasteiger partial charge is 0.322 e. The number of nitrogens with one attached hydrogen (secondary N) is 2. The van der Waals surface area contributed by atoms with Gasteiger partial charge < -0.3 is 30.0 Å². The highest BCUT2D eigenvalue weighted by molar-refractivity contribution is 5.89. The maximum atomic E-state index is 12.0. The number of carbonyl (C=O) groups excluding carboxylic acids is 1. The molecule has 2 amide bonds. The van der Waals surface area contributed by atoms with E-state index in [4.69, 9.17) is 14.2 Å². The lowest BCUT2D eigenvalue weighted by atomic mass is 10.3. The van der Waals surface area contributed by atoms with Gasteiger partial charge in [-0.15, -0.1) is 0 Å². The van der Waals surface area contributed by atoms with Crippen LogP contribution in [0.15, 0.2) is 42.5 Å². The first-order valence-electron chi connectivity index (χ1n) is 7.03. The molecule has 1 atom stereocenters. The number of phenolic OH excluding ortho intramolecular Hbond substituents is 1. The van der Waals surface area contributed by atoms with Crippen molar-refractivity contribution < 1.29 is 24.1 Å². The van der Waals surface area contributed by atoms with Crippen LogP contribution in [0.5, 0.6) is 23.0 Å². The van der Waals surface area contributed by atoms with Crippen molar-refractivity contribution in [1.82, 2.24) is 5.32 Å². The molecule has 0 bridgehead atoms. The number of benzene rings is 2. The fraction of sp³-hybridized carbons (Fsp3) is 0.188. The number of hydrogen-bond donors (Lipinski definition) is 3. The number of carbonyl (C=O) groups is 1. The lowest BCUT2D eigenvalue weighted by Gasteiger charge is -2.17. The van der Waals surface area contributed by atoms with Crippen molar-refractivity contribution in [2.45, 2.75) is 13.2 Å². The van der Waals surface area contributed by atoms with E-state index >= 15 is 0 Å². The van der Waals surface area contributed by atoms with E-state index in [1.54, 1.807) is 37.3 Å². The molecule has 1 aliphatic rings. The van der Waals surface area contributed by atoms with Gasteiger partial charge in [0.05, 0.1) is 0 Å². The number of rotatable bonds is 4. The van der Waals surface area contributed by atoms with Crippen LogP contribution in [-0.2, 0) is 0 Å². The monoisotopic (exact) mass is 316 g/mol. The lowest BCUT2D eigenvalue weighted by molar-refractivity contribution is 0.174. The van der Waals surface area contributed by atoms with Gasteiger partial charge in [0.1, 0.15) is 11.5 Å². The zero-order valence-electron chi connectivity index (χ0n) is 12.4. The minimum atomic E-state index is -0.548. The van der Waals surface area contributed by atoms with Crippen LogP contribution in [0.25, 0.3) is 0 Å². The number of ether oxygens (including phenoxy) is 3. The largest absolute Gasteiger partial charge is 0.508 e. The maximum Gasteiger partial charge on any atom is 0.322 e. The molecule has 0 aliphatic carbocycles. The molecule has 0 spiro atoms. The van der Waals surface area contributed by atoms with Gasteiger partial charge in [0, 0.05) is 11.8 Å². The number of anilines is 1. The summed E-state index contributed by atoms with van der Waals surface area (Å²) in [6, 6.07) is 11.0. The lowest BCUT2D eigenvalue weighted by Crippen LogP contribution is -2.39. The van der Waals surface area contributed by atoms with E-state index in [9.17, 15) is 9.90 Å². The second-order valence-corrected chi connectivity index (χ2v) is 4.92. The summed E-state index contributed by atoms with van der Waals surface area (Å²) in [6.45, 7) is 1.88. The Bertz CT molecular complexity index is 702. The Morgan fingerprint density at radius 3 is 2.70 bits per heavy atom. The van der Waals surface area contributed by atoms with E-state index in [0.29, 0.717) is 22.9 Å². The SMILES string of the molecule is CC(NC(=O)Nc1ccc2c(c1)OCO2)Oc1ccc(O)cc1. The Balaban J connectivity index is 1.53. The number of phenols is 1. The molecule has 7 nitrogen and oxygen atoms in total. The summed E-state index contributed by atoms with van der Waals surface area (Å²) in [6.07, 6.45) is -0.548. The number of hydrogen-bond acceptors (Lipinski definition) is 5. The van der Waals surface area contributed by atoms with Crippen molar-refractivity contribution in [3.05, 3.63) is 42.5 Å². The number of urea groups is 1. The number of amides is 2. The Hall–Kier alpha value is -3.09. The minimum absolute atomic E-state index is 0.151. The minimum Gasteiger partial charge on any atom is -0.508 e. The van der Waals surface area contributed by atoms with E-state index in [0.717, 1.165) is 0 Å². The Labute approximate surface area is 132 Å². The van der Waals surface area contributed by atoms with Crippen LogP contribution in [0.2, 0.25) is 0 Å². The third kappa shape index (κ3) is 3.76. The molecule has 3 rings (SSSR count). The Morgan fingerprint density at radius 1 is 1.17 bits per heavy atom. The summed E-state index contributed by atoms with van der Waals surface area (Å²) in [4.78, 5) is 12.0. The normalized spacial score (nSPS) is 13.3. The zero-order valence-corrected chi connectivity index (χ0v) is 12.4. The van der Waals surface area contributed by atoms with Gasteiger partial charge in [-0.25, -0.2) is 4.79 Å². The molecule has 0 saturated carbocycles. The van der Waals surface area contributed by atoms with Crippen molar-refractivity contribution >= 4 is 11.7 Å². The van der Waals surface area contributed by atoms with Crippen LogP contribution in [0.1, 0.15) is 6.92 Å². The van der Waals surface area contributed by atoms with E-state index in [2.05, 4.69) is 10.6 Å². The maximum absolute atomic E-state index is 12.0. The highest BCUT2D eigenvalue weighted by Gasteiger charge is 2.15. The molecule has 1 unspecified atom stereocenters. The van der Waals surface area contributed by atoms with Gasteiger partial charge in [-0.1, -0.05) is 0 Å². The molecule has 120 valence electrons. The molecule has 23 heavy (non-hydrogen) atoms. The van der Waals surface area contributed by atoms with Gasteiger partial charge in [0.2, 0.25) is 6.79 Å². The van der Waals surface area contributed by atoms with Crippen molar-refractivity contribution in [2.24, 2.45) is 0 Å². The van der Waals surface area contributed by atoms with Gasteiger partial charge in [-0.2, -0.15) is 0 Å². The molecular weight excluding hydrogens is 300 g/mol. The van der Waals surface area contributed by atoms with Crippen molar-refractivity contribution in [3.63, 3.8) is 0 Å². The summed E-state index contributed by atoms with van der Waals surface area (Å²) in [5, 5.41) is 14.6. The molecule has 7 heteroatoms. The molecule has 2 aromatic carbocycles. The number of aromatic hydroxyl groups is 1. The predicted octanol–water partition coefficient (Wildman–Crippen LogP) is 2.67. The number of fused-ring (bicyclic) bond motifs is 1. The second kappa shape index (κ2) is 6.35. The van der Waals surface area contributed by atoms with Crippen LogP contribution >= 0.6 is 0 Å². The van der Waals surface area contributed by atoms with E-state index in [1.807, 2.05) is 0 Å². The van der Waals surface area contributed by atoms with Gasteiger partial charge in [-0.05, 0) is 43.3 Å².